The molecule has 0 aromatic heterocycles. The highest BCUT2D eigenvalue weighted by Gasteiger charge is 1.86. The molecule has 0 atom stereocenters. The van der Waals surface area contributed by atoms with Crippen molar-refractivity contribution >= 4 is 0 Å². The lowest BCUT2D eigenvalue weighted by Gasteiger charge is -1.98. The van der Waals surface area contributed by atoms with E-state index >= 15 is 0 Å². The number of allylic oxidation sites excluding steroid dienone is 1. The summed E-state index contributed by atoms with van der Waals surface area (Å²) in [6, 6.07) is 0. The molecule has 1 heteroatoms. The molecule has 0 aliphatic rings. The summed E-state index contributed by atoms with van der Waals surface area (Å²) in [5.41, 5.74) is 0. The maximum Gasteiger partial charge on any atom is 0.0573 e. The van der Waals surface area contributed by atoms with E-state index in [9.17, 15) is 0 Å². The lowest BCUT2D eigenvalue weighted by Crippen LogP contribution is -2.14. The van der Waals surface area contributed by atoms with Gasteiger partial charge in [-0.15, -0.1) is 13.0 Å². The van der Waals surface area contributed by atoms with E-state index in [0.717, 1.165) is 13.0 Å². The van der Waals surface area contributed by atoms with Crippen LogP contribution >= 0.6 is 0 Å². The Morgan fingerprint density at radius 1 is 1.36 bits per heavy atom. The zero-order valence-corrected chi connectivity index (χ0v) is 7.10. The minimum Gasteiger partial charge on any atom is -0.306 e. The van der Waals surface area contributed by atoms with E-state index < -0.39 is 0 Å². The molecule has 0 aliphatic carbocycles. The summed E-state index contributed by atoms with van der Waals surface area (Å²) >= 11 is 0. The summed E-state index contributed by atoms with van der Waals surface area (Å²) in [6.07, 6.45) is 11.9. The fourth-order valence-corrected chi connectivity index (χ4v) is 0.876. The van der Waals surface area contributed by atoms with Crippen LogP contribution in [-0.4, -0.2) is 13.1 Å². The molecular formula is C10H17N. The number of hydrogen-bond acceptors (Lipinski definition) is 1. The van der Waals surface area contributed by atoms with E-state index in [2.05, 4.69) is 17.8 Å². The van der Waals surface area contributed by atoms with Crippen molar-refractivity contribution < 1.29 is 0 Å². The van der Waals surface area contributed by atoms with Gasteiger partial charge in [0.05, 0.1) is 6.54 Å². The largest absolute Gasteiger partial charge is 0.306 e. The van der Waals surface area contributed by atoms with Crippen LogP contribution in [0.15, 0.2) is 12.7 Å². The van der Waals surface area contributed by atoms with Gasteiger partial charge in [0.25, 0.3) is 0 Å². The second-order valence-electron chi connectivity index (χ2n) is 2.52. The average Bonchev–Trinajstić information content (AvgIpc) is 2.03. The molecule has 0 aliphatic heterocycles. The standard InChI is InChI=1S/C10H17N/c1-3-5-6-7-8-10-11-9-4-2/h2-3,11H,1,5-10H2. The predicted molar refractivity (Wildman–Crippen MR) is 50.4 cm³/mol. The van der Waals surface area contributed by atoms with Gasteiger partial charge in [0, 0.05) is 0 Å². The third-order valence-electron chi connectivity index (χ3n) is 1.49. The van der Waals surface area contributed by atoms with Crippen LogP contribution in [-0.2, 0) is 0 Å². The molecular weight excluding hydrogens is 134 g/mol. The Morgan fingerprint density at radius 2 is 2.18 bits per heavy atom. The Hall–Kier alpha value is -0.740. The molecule has 0 aromatic carbocycles. The molecule has 0 rings (SSSR count). The molecule has 0 unspecified atom stereocenters. The Morgan fingerprint density at radius 3 is 2.82 bits per heavy atom. The molecule has 62 valence electrons. The molecule has 0 aromatic rings. The number of hydrogen-bond donors (Lipinski definition) is 1. The van der Waals surface area contributed by atoms with Crippen LogP contribution in [0.2, 0.25) is 0 Å². The minimum absolute atomic E-state index is 0.696. The van der Waals surface area contributed by atoms with Gasteiger partial charge in [-0.05, 0) is 25.8 Å². The molecule has 0 saturated carbocycles. The number of rotatable bonds is 7. The third kappa shape index (κ3) is 9.26. The van der Waals surface area contributed by atoms with Crippen LogP contribution in [0.1, 0.15) is 25.7 Å². The first-order valence-corrected chi connectivity index (χ1v) is 4.17. The number of nitrogens with one attached hydrogen (secondary N) is 1. The molecule has 1 nitrogen and oxygen atoms in total. The van der Waals surface area contributed by atoms with Gasteiger partial charge < -0.3 is 5.32 Å². The van der Waals surface area contributed by atoms with E-state index in [4.69, 9.17) is 6.42 Å². The average molecular weight is 151 g/mol. The zero-order valence-electron chi connectivity index (χ0n) is 7.10. The molecule has 0 spiro atoms. The normalized spacial score (nSPS) is 9.00. The second-order valence-corrected chi connectivity index (χ2v) is 2.52. The summed E-state index contributed by atoms with van der Waals surface area (Å²) < 4.78 is 0. The van der Waals surface area contributed by atoms with Crippen LogP contribution < -0.4 is 5.32 Å². The smallest absolute Gasteiger partial charge is 0.0573 e. The summed E-state index contributed by atoms with van der Waals surface area (Å²) in [6.45, 7) is 5.40. The van der Waals surface area contributed by atoms with Crippen molar-refractivity contribution in [3.8, 4) is 12.3 Å². The number of terminal acetylenes is 1. The Kier molecular flexibility index (Phi) is 8.64. The summed E-state index contributed by atoms with van der Waals surface area (Å²) in [5, 5.41) is 3.15. The van der Waals surface area contributed by atoms with Gasteiger partial charge in [-0.2, -0.15) is 0 Å². The van der Waals surface area contributed by atoms with Gasteiger partial charge >= 0.3 is 0 Å². The van der Waals surface area contributed by atoms with Crippen molar-refractivity contribution in [1.29, 1.82) is 0 Å². The lowest BCUT2D eigenvalue weighted by molar-refractivity contribution is 0.634. The van der Waals surface area contributed by atoms with Crippen molar-refractivity contribution in [2.45, 2.75) is 25.7 Å². The first kappa shape index (κ1) is 10.3. The maximum atomic E-state index is 5.07. The highest BCUT2D eigenvalue weighted by atomic mass is 14.8. The zero-order chi connectivity index (χ0) is 8.36. The lowest BCUT2D eigenvalue weighted by atomic mass is 10.2. The first-order chi connectivity index (χ1) is 5.41. The third-order valence-corrected chi connectivity index (χ3v) is 1.49. The van der Waals surface area contributed by atoms with Gasteiger partial charge in [-0.25, -0.2) is 0 Å². The van der Waals surface area contributed by atoms with Gasteiger partial charge in [0.15, 0.2) is 0 Å². The van der Waals surface area contributed by atoms with Crippen molar-refractivity contribution in [2.24, 2.45) is 0 Å². The molecule has 0 heterocycles. The maximum absolute atomic E-state index is 5.07. The second kappa shape index (κ2) is 9.26. The monoisotopic (exact) mass is 151 g/mol. The molecule has 0 amide bonds. The van der Waals surface area contributed by atoms with Crippen molar-refractivity contribution in [2.75, 3.05) is 13.1 Å². The van der Waals surface area contributed by atoms with E-state index in [-0.39, 0.29) is 0 Å². The summed E-state index contributed by atoms with van der Waals surface area (Å²) in [5.74, 6) is 2.54. The molecule has 1 N–H and O–H groups in total. The van der Waals surface area contributed by atoms with E-state index in [1.807, 2.05) is 6.08 Å². The molecule has 0 saturated heterocycles. The Labute approximate surface area is 69.9 Å². The van der Waals surface area contributed by atoms with E-state index in [1.165, 1.54) is 19.3 Å². The highest BCUT2D eigenvalue weighted by Crippen LogP contribution is 1.98. The van der Waals surface area contributed by atoms with Gasteiger partial charge in [0.2, 0.25) is 0 Å². The summed E-state index contributed by atoms with van der Waals surface area (Å²) in [7, 11) is 0. The van der Waals surface area contributed by atoms with Crippen LogP contribution in [0.3, 0.4) is 0 Å². The van der Waals surface area contributed by atoms with Crippen molar-refractivity contribution in [3.05, 3.63) is 12.7 Å². The quantitative estimate of drug-likeness (QED) is 0.333. The number of unbranched alkanes of at least 4 members (excludes halogenated alkanes) is 3. The van der Waals surface area contributed by atoms with Crippen LogP contribution in [0, 0.1) is 12.3 Å². The SMILES string of the molecule is C#CCNCCCCCC=C. The predicted octanol–water partition coefficient (Wildman–Crippen LogP) is 1.96. The van der Waals surface area contributed by atoms with Gasteiger partial charge in [-0.3, -0.25) is 0 Å². The van der Waals surface area contributed by atoms with Crippen LogP contribution in [0.5, 0.6) is 0 Å². The molecule has 11 heavy (non-hydrogen) atoms. The van der Waals surface area contributed by atoms with Crippen LogP contribution in [0.25, 0.3) is 0 Å². The van der Waals surface area contributed by atoms with Crippen LogP contribution in [0.4, 0.5) is 0 Å². The highest BCUT2D eigenvalue weighted by molar-refractivity contribution is 4.86. The van der Waals surface area contributed by atoms with Crippen molar-refractivity contribution in [3.63, 3.8) is 0 Å². The topological polar surface area (TPSA) is 12.0 Å². The Balaban J connectivity index is 2.80. The minimum atomic E-state index is 0.696. The van der Waals surface area contributed by atoms with Gasteiger partial charge in [0.1, 0.15) is 0 Å². The molecule has 0 radical (unpaired) electrons. The summed E-state index contributed by atoms with van der Waals surface area (Å²) in [4.78, 5) is 0. The molecule has 0 fully saturated rings. The van der Waals surface area contributed by atoms with Gasteiger partial charge in [-0.1, -0.05) is 18.4 Å². The Bertz CT molecular complexity index is 121. The fraction of sp³-hybridized carbons (Fsp3) is 0.600. The fourth-order valence-electron chi connectivity index (χ4n) is 0.876. The first-order valence-electron chi connectivity index (χ1n) is 4.17. The van der Waals surface area contributed by atoms with E-state index in [1.54, 1.807) is 0 Å². The molecule has 0 bridgehead atoms. The van der Waals surface area contributed by atoms with Crippen molar-refractivity contribution in [1.82, 2.24) is 5.32 Å². The van der Waals surface area contributed by atoms with E-state index in [0.29, 0.717) is 6.54 Å².